The largest absolute Gasteiger partial charge is 0.370 e. The van der Waals surface area contributed by atoms with E-state index in [1.54, 1.807) is 6.33 Å². The van der Waals surface area contributed by atoms with Crippen LogP contribution in [0.3, 0.4) is 0 Å². The van der Waals surface area contributed by atoms with E-state index in [1.165, 1.54) is 0 Å². The molecule has 4 nitrogen and oxygen atoms in total. The Morgan fingerprint density at radius 1 is 1.29 bits per heavy atom. The van der Waals surface area contributed by atoms with Crippen molar-refractivity contribution in [1.29, 1.82) is 0 Å². The van der Waals surface area contributed by atoms with Crippen molar-refractivity contribution in [3.63, 3.8) is 0 Å². The SMILES string of the molecule is CCCN(c1ncnc(NCC)c1C)C(C)C. The van der Waals surface area contributed by atoms with E-state index in [0.717, 1.165) is 36.7 Å². The van der Waals surface area contributed by atoms with E-state index in [1.807, 2.05) is 0 Å². The van der Waals surface area contributed by atoms with Gasteiger partial charge in [-0.1, -0.05) is 6.92 Å². The van der Waals surface area contributed by atoms with Crippen molar-refractivity contribution in [3.05, 3.63) is 11.9 Å². The molecule has 1 aromatic heterocycles. The lowest BCUT2D eigenvalue weighted by atomic mass is 10.2. The van der Waals surface area contributed by atoms with Gasteiger partial charge in [-0.3, -0.25) is 0 Å². The molecule has 96 valence electrons. The van der Waals surface area contributed by atoms with Gasteiger partial charge in [-0.2, -0.15) is 0 Å². The smallest absolute Gasteiger partial charge is 0.137 e. The van der Waals surface area contributed by atoms with Gasteiger partial charge < -0.3 is 10.2 Å². The topological polar surface area (TPSA) is 41.1 Å². The first-order chi connectivity index (χ1) is 8.11. The van der Waals surface area contributed by atoms with Crippen molar-refractivity contribution in [2.45, 2.75) is 47.1 Å². The molecule has 0 spiro atoms. The monoisotopic (exact) mass is 236 g/mol. The molecule has 1 aromatic rings. The molecule has 0 aliphatic carbocycles. The second kappa shape index (κ2) is 6.42. The molecule has 0 saturated heterocycles. The summed E-state index contributed by atoms with van der Waals surface area (Å²) in [4.78, 5) is 11.0. The minimum Gasteiger partial charge on any atom is -0.370 e. The van der Waals surface area contributed by atoms with Crippen molar-refractivity contribution in [2.75, 3.05) is 23.3 Å². The summed E-state index contributed by atoms with van der Waals surface area (Å²) < 4.78 is 0. The molecule has 0 aliphatic rings. The first kappa shape index (κ1) is 13.7. The average molecular weight is 236 g/mol. The van der Waals surface area contributed by atoms with E-state index >= 15 is 0 Å². The van der Waals surface area contributed by atoms with Crippen molar-refractivity contribution >= 4 is 11.6 Å². The van der Waals surface area contributed by atoms with Crippen LogP contribution in [0.1, 0.15) is 39.7 Å². The van der Waals surface area contributed by atoms with E-state index < -0.39 is 0 Å². The molecule has 1 rings (SSSR count). The van der Waals surface area contributed by atoms with Crippen molar-refractivity contribution < 1.29 is 0 Å². The van der Waals surface area contributed by atoms with Gasteiger partial charge in [0, 0.05) is 24.7 Å². The van der Waals surface area contributed by atoms with Crippen molar-refractivity contribution in [1.82, 2.24) is 9.97 Å². The Kier molecular flexibility index (Phi) is 5.19. The lowest BCUT2D eigenvalue weighted by molar-refractivity contribution is 0.659. The van der Waals surface area contributed by atoms with Gasteiger partial charge in [0.2, 0.25) is 0 Å². The molecule has 0 aromatic carbocycles. The van der Waals surface area contributed by atoms with Gasteiger partial charge in [0.25, 0.3) is 0 Å². The third-order valence-electron chi connectivity index (χ3n) is 2.76. The van der Waals surface area contributed by atoms with Gasteiger partial charge in [0.05, 0.1) is 0 Å². The summed E-state index contributed by atoms with van der Waals surface area (Å²) in [5.41, 5.74) is 1.14. The highest BCUT2D eigenvalue weighted by atomic mass is 15.2. The van der Waals surface area contributed by atoms with Gasteiger partial charge in [-0.05, 0) is 34.1 Å². The number of nitrogens with one attached hydrogen (secondary N) is 1. The Labute approximate surface area is 104 Å². The van der Waals surface area contributed by atoms with Crippen LogP contribution in [0, 0.1) is 6.92 Å². The molecule has 0 fully saturated rings. The quantitative estimate of drug-likeness (QED) is 0.824. The predicted molar refractivity (Wildman–Crippen MR) is 73.7 cm³/mol. The fraction of sp³-hybridized carbons (Fsp3) is 0.692. The van der Waals surface area contributed by atoms with Crippen LogP contribution in [0.2, 0.25) is 0 Å². The van der Waals surface area contributed by atoms with Crippen LogP contribution in [0.15, 0.2) is 6.33 Å². The van der Waals surface area contributed by atoms with E-state index in [2.05, 4.69) is 54.8 Å². The van der Waals surface area contributed by atoms with Gasteiger partial charge in [0.1, 0.15) is 18.0 Å². The van der Waals surface area contributed by atoms with Crippen LogP contribution in [-0.2, 0) is 0 Å². The van der Waals surface area contributed by atoms with E-state index in [4.69, 9.17) is 0 Å². The predicted octanol–water partition coefficient (Wildman–Crippen LogP) is 2.84. The second-order valence-corrected chi connectivity index (χ2v) is 4.49. The Morgan fingerprint density at radius 2 is 2.00 bits per heavy atom. The second-order valence-electron chi connectivity index (χ2n) is 4.49. The summed E-state index contributed by atoms with van der Waals surface area (Å²) in [5.74, 6) is 1.99. The third-order valence-corrected chi connectivity index (χ3v) is 2.76. The zero-order valence-electron chi connectivity index (χ0n) is 11.6. The standard InChI is InChI=1S/C13H24N4/c1-6-8-17(10(3)4)13-11(5)12(14-7-2)15-9-16-13/h9-10H,6-8H2,1-5H3,(H,14,15,16). The maximum atomic E-state index is 4.44. The summed E-state index contributed by atoms with van der Waals surface area (Å²) in [5, 5.41) is 3.27. The summed E-state index contributed by atoms with van der Waals surface area (Å²) in [6, 6.07) is 0.457. The van der Waals surface area contributed by atoms with Gasteiger partial charge in [-0.25, -0.2) is 9.97 Å². The molecule has 1 N–H and O–H groups in total. The zero-order chi connectivity index (χ0) is 12.8. The Bertz CT molecular complexity index is 349. The highest BCUT2D eigenvalue weighted by molar-refractivity contribution is 5.58. The highest BCUT2D eigenvalue weighted by Crippen LogP contribution is 2.23. The number of aromatic nitrogens is 2. The van der Waals surface area contributed by atoms with E-state index in [0.29, 0.717) is 6.04 Å². The molecule has 17 heavy (non-hydrogen) atoms. The van der Waals surface area contributed by atoms with Crippen LogP contribution in [-0.4, -0.2) is 29.1 Å². The van der Waals surface area contributed by atoms with Crippen LogP contribution in [0.4, 0.5) is 11.6 Å². The van der Waals surface area contributed by atoms with E-state index in [9.17, 15) is 0 Å². The maximum Gasteiger partial charge on any atom is 0.137 e. The minimum absolute atomic E-state index is 0.457. The van der Waals surface area contributed by atoms with E-state index in [-0.39, 0.29) is 0 Å². The minimum atomic E-state index is 0.457. The zero-order valence-corrected chi connectivity index (χ0v) is 11.6. The lowest BCUT2D eigenvalue weighted by Gasteiger charge is -2.29. The summed E-state index contributed by atoms with van der Waals surface area (Å²) in [7, 11) is 0. The van der Waals surface area contributed by atoms with Gasteiger partial charge in [-0.15, -0.1) is 0 Å². The first-order valence-electron chi connectivity index (χ1n) is 6.43. The molecule has 0 saturated carbocycles. The molecular weight excluding hydrogens is 212 g/mol. The van der Waals surface area contributed by atoms with Gasteiger partial charge in [0.15, 0.2) is 0 Å². The molecule has 0 amide bonds. The van der Waals surface area contributed by atoms with Crippen LogP contribution < -0.4 is 10.2 Å². The molecular formula is C13H24N4. The number of anilines is 2. The number of rotatable bonds is 6. The maximum absolute atomic E-state index is 4.44. The number of hydrogen-bond acceptors (Lipinski definition) is 4. The van der Waals surface area contributed by atoms with Gasteiger partial charge >= 0.3 is 0 Å². The fourth-order valence-electron chi connectivity index (χ4n) is 1.93. The van der Waals surface area contributed by atoms with Crippen molar-refractivity contribution in [2.24, 2.45) is 0 Å². The lowest BCUT2D eigenvalue weighted by Crippen LogP contribution is -2.33. The summed E-state index contributed by atoms with van der Waals surface area (Å²) >= 11 is 0. The Balaban J connectivity index is 3.06. The molecule has 1 heterocycles. The molecule has 4 heteroatoms. The third kappa shape index (κ3) is 3.32. The number of hydrogen-bond donors (Lipinski definition) is 1. The fourth-order valence-corrected chi connectivity index (χ4v) is 1.93. The molecule has 0 unspecified atom stereocenters. The molecule has 0 aliphatic heterocycles. The molecule has 0 bridgehead atoms. The highest BCUT2D eigenvalue weighted by Gasteiger charge is 2.15. The van der Waals surface area contributed by atoms with Crippen LogP contribution in [0.5, 0.6) is 0 Å². The Hall–Kier alpha value is -1.32. The molecule has 0 radical (unpaired) electrons. The summed E-state index contributed by atoms with van der Waals surface area (Å²) in [6.07, 6.45) is 2.77. The van der Waals surface area contributed by atoms with Crippen LogP contribution >= 0.6 is 0 Å². The number of nitrogens with zero attached hydrogens (tertiary/aromatic N) is 3. The Morgan fingerprint density at radius 3 is 2.53 bits per heavy atom. The average Bonchev–Trinajstić information content (AvgIpc) is 2.29. The first-order valence-corrected chi connectivity index (χ1v) is 6.43. The van der Waals surface area contributed by atoms with Crippen LogP contribution in [0.25, 0.3) is 0 Å². The summed E-state index contributed by atoms with van der Waals surface area (Å²) in [6.45, 7) is 12.7. The van der Waals surface area contributed by atoms with Crippen molar-refractivity contribution in [3.8, 4) is 0 Å². The normalized spacial score (nSPS) is 10.7. The molecule has 0 atom stereocenters.